The third kappa shape index (κ3) is 4.38. The number of phenolic OH excluding ortho intramolecular Hbond substituents is 1. The van der Waals surface area contributed by atoms with Crippen molar-refractivity contribution in [3.8, 4) is 5.75 Å². The first-order valence-corrected chi connectivity index (χ1v) is 8.86. The van der Waals surface area contributed by atoms with Gasteiger partial charge in [-0.1, -0.05) is 18.2 Å². The Morgan fingerprint density at radius 1 is 0.828 bits per heavy atom. The molecule has 1 heterocycles. The van der Waals surface area contributed by atoms with E-state index in [4.69, 9.17) is 0 Å². The molecule has 0 bridgehead atoms. The Morgan fingerprint density at radius 3 is 2.34 bits per heavy atom. The van der Waals surface area contributed by atoms with E-state index in [1.165, 1.54) is 12.1 Å². The lowest BCUT2D eigenvalue weighted by atomic mass is 10.2. The molecule has 0 fully saturated rings. The molecule has 0 amide bonds. The lowest BCUT2D eigenvalue weighted by Crippen LogP contribution is -2.04. The van der Waals surface area contributed by atoms with Crippen LogP contribution in [0.25, 0.3) is 10.9 Å². The van der Waals surface area contributed by atoms with Crippen molar-refractivity contribution in [2.45, 2.75) is 13.8 Å². The molecule has 148 valence electrons. The van der Waals surface area contributed by atoms with E-state index in [1.807, 2.05) is 38.1 Å². The topological polar surface area (TPSA) is 70.1 Å². The molecule has 0 atom stereocenters. The lowest BCUT2D eigenvalue weighted by Gasteiger charge is -2.14. The van der Waals surface area contributed by atoms with Gasteiger partial charge in [0.15, 0.2) is 0 Å². The number of fused-ring (bicyclic) bond motifs is 1. The summed E-state index contributed by atoms with van der Waals surface area (Å²) in [4.78, 5) is 9.13. The van der Waals surface area contributed by atoms with Crippen molar-refractivity contribution < 1.29 is 9.50 Å². The van der Waals surface area contributed by atoms with Gasteiger partial charge in [0.25, 0.3) is 0 Å². The normalized spacial score (nSPS) is 10.4. The Labute approximate surface area is 174 Å². The maximum atomic E-state index is 13.4. The minimum absolute atomic E-state index is 0. The molecule has 0 saturated heterocycles. The predicted molar refractivity (Wildman–Crippen MR) is 117 cm³/mol. The SMILES string of the molecule is Cc1cc(F)ccc1Nc1nc(Nc2ccccc2C)c2cc(O)ccc2n1.Cl. The zero-order valence-electron chi connectivity index (χ0n) is 15.9. The van der Waals surface area contributed by atoms with Crippen molar-refractivity contribution in [3.05, 3.63) is 77.6 Å². The van der Waals surface area contributed by atoms with Gasteiger partial charge in [-0.3, -0.25) is 0 Å². The number of aryl methyl sites for hydroxylation is 2. The minimum atomic E-state index is -0.292. The number of hydrogen-bond donors (Lipinski definition) is 3. The van der Waals surface area contributed by atoms with Crippen LogP contribution in [0, 0.1) is 19.7 Å². The fourth-order valence-corrected chi connectivity index (χ4v) is 3.00. The van der Waals surface area contributed by atoms with E-state index in [9.17, 15) is 9.50 Å². The maximum Gasteiger partial charge on any atom is 0.229 e. The summed E-state index contributed by atoms with van der Waals surface area (Å²) in [6, 6.07) is 17.3. The molecule has 29 heavy (non-hydrogen) atoms. The van der Waals surface area contributed by atoms with Crippen LogP contribution in [-0.4, -0.2) is 15.1 Å². The van der Waals surface area contributed by atoms with E-state index in [-0.39, 0.29) is 24.0 Å². The highest BCUT2D eigenvalue weighted by molar-refractivity contribution is 5.93. The maximum absolute atomic E-state index is 13.4. The zero-order valence-corrected chi connectivity index (χ0v) is 16.7. The molecule has 5 nitrogen and oxygen atoms in total. The summed E-state index contributed by atoms with van der Waals surface area (Å²) in [7, 11) is 0. The molecule has 0 aliphatic carbocycles. The summed E-state index contributed by atoms with van der Waals surface area (Å²) in [6.07, 6.45) is 0. The summed E-state index contributed by atoms with van der Waals surface area (Å²) < 4.78 is 13.4. The summed E-state index contributed by atoms with van der Waals surface area (Å²) in [5.74, 6) is 0.792. The third-order valence-corrected chi connectivity index (χ3v) is 4.51. The van der Waals surface area contributed by atoms with E-state index in [1.54, 1.807) is 24.3 Å². The molecule has 4 aromatic rings. The fourth-order valence-electron chi connectivity index (χ4n) is 3.00. The molecule has 4 rings (SSSR count). The number of nitrogens with one attached hydrogen (secondary N) is 2. The van der Waals surface area contributed by atoms with Gasteiger partial charge < -0.3 is 15.7 Å². The highest BCUT2D eigenvalue weighted by atomic mass is 35.5. The molecule has 3 N–H and O–H groups in total. The number of halogens is 2. The Kier molecular flexibility index (Phi) is 5.84. The number of phenols is 1. The molecule has 1 aromatic heterocycles. The monoisotopic (exact) mass is 410 g/mol. The van der Waals surface area contributed by atoms with Crippen LogP contribution in [0.1, 0.15) is 11.1 Å². The van der Waals surface area contributed by atoms with Crippen molar-refractivity contribution in [1.29, 1.82) is 0 Å². The highest BCUT2D eigenvalue weighted by Crippen LogP contribution is 2.30. The number of para-hydroxylation sites is 1. The molecule has 7 heteroatoms. The number of aromatic nitrogens is 2. The Bertz CT molecular complexity index is 1180. The first kappa shape index (κ1) is 20.4. The first-order chi connectivity index (χ1) is 13.5. The number of benzene rings is 3. The van der Waals surface area contributed by atoms with Gasteiger partial charge in [-0.25, -0.2) is 9.37 Å². The van der Waals surface area contributed by atoms with Gasteiger partial charge in [0, 0.05) is 16.8 Å². The second-order valence-electron chi connectivity index (χ2n) is 6.62. The van der Waals surface area contributed by atoms with E-state index >= 15 is 0 Å². The van der Waals surface area contributed by atoms with Crippen LogP contribution >= 0.6 is 12.4 Å². The molecular weight excluding hydrogens is 391 g/mol. The van der Waals surface area contributed by atoms with Crippen LogP contribution < -0.4 is 10.6 Å². The molecule has 0 spiro atoms. The highest BCUT2D eigenvalue weighted by Gasteiger charge is 2.11. The van der Waals surface area contributed by atoms with Gasteiger partial charge in [0.2, 0.25) is 5.95 Å². The molecule has 0 saturated carbocycles. The summed E-state index contributed by atoms with van der Waals surface area (Å²) in [6.45, 7) is 3.82. The summed E-state index contributed by atoms with van der Waals surface area (Å²) in [5.41, 5.74) is 4.13. The van der Waals surface area contributed by atoms with Crippen LogP contribution in [0.4, 0.5) is 27.5 Å². The number of nitrogens with zero attached hydrogens (tertiary/aromatic N) is 2. The van der Waals surface area contributed by atoms with Crippen LogP contribution in [-0.2, 0) is 0 Å². The average Bonchev–Trinajstić information content (AvgIpc) is 2.66. The molecular formula is C22H20ClFN4O. The van der Waals surface area contributed by atoms with Crippen molar-refractivity contribution in [1.82, 2.24) is 9.97 Å². The largest absolute Gasteiger partial charge is 0.508 e. The molecule has 0 unspecified atom stereocenters. The standard InChI is InChI=1S/C22H19FN4O.ClH/c1-13-5-3-4-6-18(13)24-21-17-12-16(28)8-10-20(17)26-22(27-21)25-19-9-7-15(23)11-14(19)2;/h3-12,28H,1-2H3,(H2,24,25,26,27);1H. The van der Waals surface area contributed by atoms with E-state index in [0.717, 1.165) is 22.5 Å². The minimum Gasteiger partial charge on any atom is -0.508 e. The first-order valence-electron chi connectivity index (χ1n) is 8.86. The van der Waals surface area contributed by atoms with E-state index in [2.05, 4.69) is 20.6 Å². The van der Waals surface area contributed by atoms with Gasteiger partial charge in [0.05, 0.1) is 5.52 Å². The Hall–Kier alpha value is -3.38. The molecule has 0 aliphatic heterocycles. The van der Waals surface area contributed by atoms with Crippen LogP contribution in [0.15, 0.2) is 60.7 Å². The van der Waals surface area contributed by atoms with E-state index < -0.39 is 0 Å². The van der Waals surface area contributed by atoms with Crippen molar-refractivity contribution in [2.24, 2.45) is 0 Å². The van der Waals surface area contributed by atoms with Gasteiger partial charge in [-0.05, 0) is 67.4 Å². The smallest absolute Gasteiger partial charge is 0.229 e. The Morgan fingerprint density at radius 2 is 1.59 bits per heavy atom. The summed E-state index contributed by atoms with van der Waals surface area (Å²) in [5, 5.41) is 17.1. The van der Waals surface area contributed by atoms with Crippen molar-refractivity contribution in [2.75, 3.05) is 10.6 Å². The van der Waals surface area contributed by atoms with Crippen LogP contribution in [0.3, 0.4) is 0 Å². The quantitative estimate of drug-likeness (QED) is 0.385. The lowest BCUT2D eigenvalue weighted by molar-refractivity contribution is 0.476. The van der Waals surface area contributed by atoms with Gasteiger partial charge in [-0.2, -0.15) is 4.98 Å². The average molecular weight is 411 g/mol. The second-order valence-corrected chi connectivity index (χ2v) is 6.62. The number of aromatic hydroxyl groups is 1. The van der Waals surface area contributed by atoms with Crippen molar-refractivity contribution >= 4 is 46.5 Å². The molecule has 3 aromatic carbocycles. The van der Waals surface area contributed by atoms with Gasteiger partial charge in [-0.15, -0.1) is 12.4 Å². The third-order valence-electron chi connectivity index (χ3n) is 4.51. The molecule has 0 aliphatic rings. The number of hydrogen-bond acceptors (Lipinski definition) is 5. The van der Waals surface area contributed by atoms with Crippen LogP contribution in [0.5, 0.6) is 5.75 Å². The van der Waals surface area contributed by atoms with Gasteiger partial charge in [0.1, 0.15) is 17.4 Å². The van der Waals surface area contributed by atoms with Gasteiger partial charge >= 0.3 is 0 Å². The van der Waals surface area contributed by atoms with Crippen LogP contribution in [0.2, 0.25) is 0 Å². The summed E-state index contributed by atoms with van der Waals surface area (Å²) >= 11 is 0. The Balaban J connectivity index is 0.00000240. The molecule has 0 radical (unpaired) electrons. The fraction of sp³-hybridized carbons (Fsp3) is 0.0909. The second kappa shape index (κ2) is 8.32. The number of anilines is 4. The van der Waals surface area contributed by atoms with E-state index in [0.29, 0.717) is 22.7 Å². The zero-order chi connectivity index (χ0) is 19.7. The van der Waals surface area contributed by atoms with Crippen molar-refractivity contribution in [3.63, 3.8) is 0 Å². The predicted octanol–water partition coefficient (Wildman–Crippen LogP) is 6.00. The number of rotatable bonds is 4.